The number of nitrogens with one attached hydrogen (secondary N) is 1. The first-order chi connectivity index (χ1) is 11.0. The lowest BCUT2D eigenvalue weighted by molar-refractivity contribution is 0.0725. The first-order valence-corrected chi connectivity index (χ1v) is 7.58. The number of nitrogens with zero attached hydrogens (tertiary/aromatic N) is 2. The molecule has 0 aliphatic carbocycles. The van der Waals surface area contributed by atoms with E-state index in [1.807, 2.05) is 19.1 Å². The molecule has 0 saturated carbocycles. The first-order valence-electron chi connectivity index (χ1n) is 7.20. The van der Waals surface area contributed by atoms with E-state index in [-0.39, 0.29) is 12.5 Å². The number of methoxy groups -OCH3 is 1. The van der Waals surface area contributed by atoms with Crippen molar-refractivity contribution in [3.63, 3.8) is 0 Å². The Hall–Kier alpha value is -1.89. The van der Waals surface area contributed by atoms with Crippen LogP contribution in [0.15, 0.2) is 36.7 Å². The Balaban J connectivity index is 2.14. The zero-order valence-corrected chi connectivity index (χ0v) is 13.9. The molecule has 6 nitrogen and oxygen atoms in total. The van der Waals surface area contributed by atoms with Crippen molar-refractivity contribution in [1.29, 1.82) is 0 Å². The van der Waals surface area contributed by atoms with Gasteiger partial charge in [-0.15, -0.1) is 0 Å². The smallest absolute Gasteiger partial charge is 0.254 e. The highest BCUT2D eigenvalue weighted by Gasteiger charge is 2.27. The summed E-state index contributed by atoms with van der Waals surface area (Å²) in [5.74, 6) is -0.272. The second-order valence-electron chi connectivity index (χ2n) is 5.57. The van der Waals surface area contributed by atoms with E-state index in [0.717, 1.165) is 5.69 Å². The molecule has 0 aliphatic rings. The summed E-state index contributed by atoms with van der Waals surface area (Å²) in [6.07, 6.45) is 3.52. The van der Waals surface area contributed by atoms with Crippen LogP contribution in [0.25, 0.3) is 5.69 Å². The van der Waals surface area contributed by atoms with Crippen LogP contribution in [-0.2, 0) is 4.74 Å². The van der Waals surface area contributed by atoms with Gasteiger partial charge in [0.05, 0.1) is 29.6 Å². The highest BCUT2D eigenvalue weighted by atomic mass is 35.5. The van der Waals surface area contributed by atoms with Crippen LogP contribution in [-0.4, -0.2) is 46.7 Å². The summed E-state index contributed by atoms with van der Waals surface area (Å²) in [6, 6.07) is 7.20. The lowest BCUT2D eigenvalue weighted by Crippen LogP contribution is -2.50. The Morgan fingerprint density at radius 3 is 2.96 bits per heavy atom. The van der Waals surface area contributed by atoms with E-state index < -0.39 is 5.54 Å². The van der Waals surface area contributed by atoms with E-state index in [9.17, 15) is 4.79 Å². The second kappa shape index (κ2) is 7.59. The fraction of sp³-hybridized carbons (Fsp3) is 0.375. The van der Waals surface area contributed by atoms with Gasteiger partial charge in [0.15, 0.2) is 0 Å². The minimum atomic E-state index is -0.640. The number of aliphatic hydroxyl groups is 1. The molecule has 1 atom stereocenters. The molecular formula is C16H20ClN3O3. The first kappa shape index (κ1) is 17.5. The van der Waals surface area contributed by atoms with Crippen LogP contribution in [0.4, 0.5) is 0 Å². The molecule has 2 rings (SSSR count). The maximum Gasteiger partial charge on any atom is 0.254 e. The summed E-state index contributed by atoms with van der Waals surface area (Å²) in [5, 5.41) is 16.8. The zero-order chi connectivity index (χ0) is 16.9. The Bertz CT molecular complexity index is 666. The van der Waals surface area contributed by atoms with E-state index in [4.69, 9.17) is 21.4 Å². The predicted molar refractivity (Wildman–Crippen MR) is 88.0 cm³/mol. The van der Waals surface area contributed by atoms with Gasteiger partial charge in [-0.05, 0) is 31.5 Å². The number of benzene rings is 1. The van der Waals surface area contributed by atoms with Crippen LogP contribution in [0.1, 0.15) is 23.7 Å². The van der Waals surface area contributed by atoms with Crippen LogP contribution in [0, 0.1) is 0 Å². The van der Waals surface area contributed by atoms with E-state index >= 15 is 0 Å². The van der Waals surface area contributed by atoms with Gasteiger partial charge in [-0.25, -0.2) is 4.68 Å². The number of aliphatic hydroxyl groups excluding tert-OH is 1. The molecule has 0 fully saturated rings. The number of rotatable bonds is 7. The molecule has 2 aromatic rings. The minimum absolute atomic E-state index is 0.0398. The van der Waals surface area contributed by atoms with E-state index in [2.05, 4.69) is 10.4 Å². The Morgan fingerprint density at radius 2 is 2.30 bits per heavy atom. The van der Waals surface area contributed by atoms with Crippen LogP contribution < -0.4 is 5.32 Å². The Kier molecular flexibility index (Phi) is 5.76. The molecule has 0 aliphatic heterocycles. The Labute approximate surface area is 140 Å². The fourth-order valence-electron chi connectivity index (χ4n) is 2.28. The molecular weight excluding hydrogens is 318 g/mol. The standard InChI is InChI=1S/C16H20ClN3O3/c1-16(6-7-21,11-23-2)19-15(22)12-9-18-20(10-12)14-5-3-4-13(17)8-14/h3-5,8-10,21H,6-7,11H2,1-2H3,(H,19,22). The SMILES string of the molecule is COCC(C)(CCO)NC(=O)c1cnn(-c2cccc(Cl)c2)c1. The number of hydrogen-bond acceptors (Lipinski definition) is 4. The summed E-state index contributed by atoms with van der Waals surface area (Å²) >= 11 is 5.96. The van der Waals surface area contributed by atoms with Crippen LogP contribution in [0.5, 0.6) is 0 Å². The van der Waals surface area contributed by atoms with Crippen LogP contribution in [0.2, 0.25) is 5.02 Å². The van der Waals surface area contributed by atoms with Gasteiger partial charge in [-0.1, -0.05) is 17.7 Å². The van der Waals surface area contributed by atoms with Gasteiger partial charge in [0.1, 0.15) is 0 Å². The van der Waals surface area contributed by atoms with Crippen molar-refractivity contribution < 1.29 is 14.6 Å². The van der Waals surface area contributed by atoms with Gasteiger partial charge in [0, 0.05) is 24.9 Å². The summed E-state index contributed by atoms with van der Waals surface area (Å²) in [7, 11) is 1.55. The van der Waals surface area contributed by atoms with Gasteiger partial charge in [0.25, 0.3) is 5.91 Å². The second-order valence-corrected chi connectivity index (χ2v) is 6.01. The van der Waals surface area contributed by atoms with Crippen molar-refractivity contribution in [2.75, 3.05) is 20.3 Å². The molecule has 7 heteroatoms. The van der Waals surface area contributed by atoms with Gasteiger partial charge in [-0.3, -0.25) is 4.79 Å². The van der Waals surface area contributed by atoms with Crippen molar-refractivity contribution in [1.82, 2.24) is 15.1 Å². The van der Waals surface area contributed by atoms with E-state index in [1.54, 1.807) is 30.1 Å². The molecule has 1 amide bonds. The van der Waals surface area contributed by atoms with Crippen molar-refractivity contribution in [3.05, 3.63) is 47.2 Å². The topological polar surface area (TPSA) is 76.4 Å². The average Bonchev–Trinajstić information content (AvgIpc) is 2.97. The van der Waals surface area contributed by atoms with Crippen molar-refractivity contribution >= 4 is 17.5 Å². The molecule has 0 spiro atoms. The largest absolute Gasteiger partial charge is 0.396 e. The molecule has 2 N–H and O–H groups in total. The molecule has 0 bridgehead atoms. The van der Waals surface area contributed by atoms with Gasteiger partial charge in [-0.2, -0.15) is 5.10 Å². The average molecular weight is 338 g/mol. The lowest BCUT2D eigenvalue weighted by Gasteiger charge is -2.29. The quantitative estimate of drug-likeness (QED) is 0.810. The molecule has 124 valence electrons. The summed E-state index contributed by atoms with van der Waals surface area (Å²) < 4.78 is 6.71. The Morgan fingerprint density at radius 1 is 1.52 bits per heavy atom. The number of amides is 1. The number of carbonyl (C=O) groups excluding carboxylic acids is 1. The molecule has 23 heavy (non-hydrogen) atoms. The summed E-state index contributed by atoms with van der Waals surface area (Å²) in [4.78, 5) is 12.4. The number of halogens is 1. The van der Waals surface area contributed by atoms with Gasteiger partial charge in [0.2, 0.25) is 0 Å². The molecule has 0 radical (unpaired) electrons. The highest BCUT2D eigenvalue weighted by molar-refractivity contribution is 6.30. The van der Waals surface area contributed by atoms with E-state index in [1.165, 1.54) is 6.20 Å². The third-order valence-electron chi connectivity index (χ3n) is 3.46. The molecule has 1 aromatic heterocycles. The van der Waals surface area contributed by atoms with Crippen LogP contribution in [0.3, 0.4) is 0 Å². The van der Waals surface area contributed by atoms with Crippen molar-refractivity contribution in [3.8, 4) is 5.69 Å². The van der Waals surface area contributed by atoms with Crippen molar-refractivity contribution in [2.45, 2.75) is 18.9 Å². The number of aromatic nitrogens is 2. The maximum absolute atomic E-state index is 12.4. The predicted octanol–water partition coefficient (Wildman–Crippen LogP) is 2.04. The molecule has 0 saturated heterocycles. The molecule has 1 unspecified atom stereocenters. The monoisotopic (exact) mass is 337 g/mol. The van der Waals surface area contributed by atoms with Gasteiger partial charge >= 0.3 is 0 Å². The minimum Gasteiger partial charge on any atom is -0.396 e. The van der Waals surface area contributed by atoms with Crippen molar-refractivity contribution in [2.24, 2.45) is 0 Å². The molecule has 1 heterocycles. The number of carbonyl (C=O) groups is 1. The number of hydrogen-bond donors (Lipinski definition) is 2. The van der Waals surface area contributed by atoms with E-state index in [0.29, 0.717) is 23.6 Å². The number of ether oxygens (including phenoxy) is 1. The maximum atomic E-state index is 12.4. The van der Waals surface area contributed by atoms with Crippen LogP contribution >= 0.6 is 11.6 Å². The lowest BCUT2D eigenvalue weighted by atomic mass is 9.99. The molecule has 1 aromatic carbocycles. The normalized spacial score (nSPS) is 13.6. The summed E-state index contributed by atoms with van der Waals surface area (Å²) in [5.41, 5.74) is 0.551. The fourth-order valence-corrected chi connectivity index (χ4v) is 2.47. The third-order valence-corrected chi connectivity index (χ3v) is 3.69. The zero-order valence-electron chi connectivity index (χ0n) is 13.1. The van der Waals surface area contributed by atoms with Gasteiger partial charge < -0.3 is 15.2 Å². The third kappa shape index (κ3) is 4.54. The highest BCUT2D eigenvalue weighted by Crippen LogP contribution is 2.16. The summed E-state index contributed by atoms with van der Waals surface area (Å²) in [6.45, 7) is 2.09.